The van der Waals surface area contributed by atoms with E-state index in [9.17, 15) is 8.42 Å². The zero-order chi connectivity index (χ0) is 14.7. The number of anilines is 1. The fourth-order valence-corrected chi connectivity index (χ4v) is 3.71. The van der Waals surface area contributed by atoms with E-state index in [0.717, 1.165) is 24.8 Å². The smallest absolute Gasteiger partial charge is 0.301 e. The van der Waals surface area contributed by atoms with Gasteiger partial charge < -0.3 is 4.52 Å². The molecule has 21 heavy (non-hydrogen) atoms. The Morgan fingerprint density at radius 1 is 1.10 bits per heavy atom. The Labute approximate surface area is 123 Å². The molecule has 0 atom stereocenters. The van der Waals surface area contributed by atoms with Gasteiger partial charge in [-0.15, -0.1) is 0 Å². The number of hydrogen-bond donors (Lipinski definition) is 1. The number of piperidine rings is 1. The molecule has 1 aromatic carbocycles. The lowest BCUT2D eigenvalue weighted by Crippen LogP contribution is -2.39. The van der Waals surface area contributed by atoms with E-state index in [1.54, 1.807) is 0 Å². The third kappa shape index (κ3) is 3.08. The first kappa shape index (κ1) is 14.1. The van der Waals surface area contributed by atoms with Gasteiger partial charge in [0.1, 0.15) is 5.69 Å². The van der Waals surface area contributed by atoms with Crippen LogP contribution in [0, 0.1) is 0 Å². The highest BCUT2D eigenvalue weighted by Gasteiger charge is 2.25. The van der Waals surface area contributed by atoms with Gasteiger partial charge in [-0.3, -0.25) is 4.72 Å². The topological polar surface area (TPSA) is 75.4 Å². The lowest BCUT2D eigenvalue weighted by Gasteiger charge is -2.25. The Hall–Kier alpha value is -1.86. The van der Waals surface area contributed by atoms with Crippen molar-refractivity contribution in [1.82, 2.24) is 9.46 Å². The van der Waals surface area contributed by atoms with Crippen molar-refractivity contribution in [3.05, 3.63) is 36.5 Å². The van der Waals surface area contributed by atoms with Gasteiger partial charge in [-0.2, -0.15) is 12.7 Å². The van der Waals surface area contributed by atoms with Crippen molar-refractivity contribution in [3.8, 4) is 11.3 Å². The zero-order valence-electron chi connectivity index (χ0n) is 11.5. The maximum absolute atomic E-state index is 12.4. The van der Waals surface area contributed by atoms with Gasteiger partial charge in [-0.1, -0.05) is 41.9 Å². The van der Waals surface area contributed by atoms with Crippen molar-refractivity contribution in [3.63, 3.8) is 0 Å². The minimum atomic E-state index is -3.55. The largest absolute Gasteiger partial charge is 0.354 e. The van der Waals surface area contributed by atoms with Gasteiger partial charge in [0.2, 0.25) is 0 Å². The van der Waals surface area contributed by atoms with Gasteiger partial charge in [-0.25, -0.2) is 0 Å². The van der Waals surface area contributed by atoms with Crippen LogP contribution in [0.5, 0.6) is 0 Å². The molecule has 0 spiro atoms. The summed E-state index contributed by atoms with van der Waals surface area (Å²) in [6.07, 6.45) is 4.27. The first-order valence-electron chi connectivity index (χ1n) is 6.95. The molecule has 0 amide bonds. The number of rotatable bonds is 4. The summed E-state index contributed by atoms with van der Waals surface area (Å²) >= 11 is 0. The van der Waals surface area contributed by atoms with Crippen LogP contribution in [0.2, 0.25) is 0 Å². The minimum absolute atomic E-state index is 0.367. The fraction of sp³-hybridized carbons (Fsp3) is 0.357. The highest BCUT2D eigenvalue weighted by molar-refractivity contribution is 7.90. The number of aromatic nitrogens is 1. The Morgan fingerprint density at radius 3 is 2.52 bits per heavy atom. The zero-order valence-corrected chi connectivity index (χ0v) is 12.3. The highest BCUT2D eigenvalue weighted by atomic mass is 32.2. The molecule has 1 fully saturated rings. The molecule has 6 nitrogen and oxygen atoms in total. The van der Waals surface area contributed by atoms with E-state index in [0.29, 0.717) is 24.5 Å². The average Bonchev–Trinajstić information content (AvgIpc) is 2.96. The first-order valence-corrected chi connectivity index (χ1v) is 8.39. The molecule has 1 saturated heterocycles. The van der Waals surface area contributed by atoms with Gasteiger partial charge in [0, 0.05) is 18.7 Å². The predicted molar refractivity (Wildman–Crippen MR) is 79.9 cm³/mol. The summed E-state index contributed by atoms with van der Waals surface area (Å²) < 4.78 is 34.0. The Kier molecular flexibility index (Phi) is 3.94. The van der Waals surface area contributed by atoms with Crippen LogP contribution < -0.4 is 4.72 Å². The lowest BCUT2D eigenvalue weighted by molar-refractivity contribution is 0.349. The summed E-state index contributed by atoms with van der Waals surface area (Å²) in [5.74, 6) is 0.427. The van der Waals surface area contributed by atoms with E-state index in [4.69, 9.17) is 4.52 Å². The third-order valence-corrected chi connectivity index (χ3v) is 5.02. The van der Waals surface area contributed by atoms with Crippen molar-refractivity contribution < 1.29 is 12.9 Å². The second kappa shape index (κ2) is 5.87. The van der Waals surface area contributed by atoms with E-state index >= 15 is 0 Å². The summed E-state index contributed by atoms with van der Waals surface area (Å²) in [6.45, 7) is 1.11. The normalized spacial score (nSPS) is 16.8. The summed E-state index contributed by atoms with van der Waals surface area (Å²) in [6, 6.07) is 9.30. The summed E-state index contributed by atoms with van der Waals surface area (Å²) in [4.78, 5) is 0. The molecular formula is C14H17N3O3S. The molecular weight excluding hydrogens is 290 g/mol. The Balaban J connectivity index is 1.84. The number of nitrogens with zero attached hydrogens (tertiary/aromatic N) is 2. The maximum atomic E-state index is 12.4. The molecule has 1 N–H and O–H groups in total. The Bertz CT molecular complexity index is 691. The van der Waals surface area contributed by atoms with Crippen molar-refractivity contribution in [1.29, 1.82) is 0 Å². The quantitative estimate of drug-likeness (QED) is 0.941. The molecule has 3 rings (SSSR count). The van der Waals surface area contributed by atoms with E-state index in [-0.39, 0.29) is 0 Å². The molecule has 1 aromatic heterocycles. The highest BCUT2D eigenvalue weighted by Crippen LogP contribution is 2.29. The van der Waals surface area contributed by atoms with Crippen LogP contribution in [-0.2, 0) is 10.2 Å². The van der Waals surface area contributed by atoms with E-state index < -0.39 is 10.2 Å². The van der Waals surface area contributed by atoms with Crippen LogP contribution in [0.4, 0.5) is 5.69 Å². The lowest BCUT2D eigenvalue weighted by atomic mass is 10.1. The third-order valence-electron chi connectivity index (χ3n) is 3.50. The molecule has 2 aromatic rings. The van der Waals surface area contributed by atoms with Crippen LogP contribution in [0.25, 0.3) is 11.3 Å². The van der Waals surface area contributed by atoms with Crippen LogP contribution in [0.1, 0.15) is 19.3 Å². The fourth-order valence-electron chi connectivity index (χ4n) is 2.42. The molecule has 0 unspecified atom stereocenters. The molecule has 0 aliphatic carbocycles. The van der Waals surface area contributed by atoms with Gasteiger partial charge in [-0.05, 0) is 12.8 Å². The summed E-state index contributed by atoms with van der Waals surface area (Å²) in [5.41, 5.74) is 1.15. The van der Waals surface area contributed by atoms with Crippen molar-refractivity contribution in [2.24, 2.45) is 0 Å². The van der Waals surface area contributed by atoms with E-state index in [1.807, 2.05) is 30.3 Å². The molecule has 7 heteroatoms. The molecule has 1 aliphatic heterocycles. The van der Waals surface area contributed by atoms with Crippen molar-refractivity contribution in [2.75, 3.05) is 17.8 Å². The Morgan fingerprint density at radius 2 is 1.81 bits per heavy atom. The number of nitrogens with one attached hydrogen (secondary N) is 1. The van der Waals surface area contributed by atoms with E-state index in [2.05, 4.69) is 9.88 Å². The maximum Gasteiger partial charge on any atom is 0.301 e. The average molecular weight is 307 g/mol. The molecule has 112 valence electrons. The second-order valence-corrected chi connectivity index (χ2v) is 6.67. The summed E-state index contributed by atoms with van der Waals surface area (Å²) in [5, 5.41) is 3.71. The second-order valence-electron chi connectivity index (χ2n) is 5.00. The van der Waals surface area contributed by atoms with Gasteiger partial charge >= 0.3 is 10.2 Å². The monoisotopic (exact) mass is 307 g/mol. The standard InChI is InChI=1S/C14H17N3O3S/c18-21(19,17-9-5-2-6-10-17)16-13-11-15-20-14(13)12-7-3-1-4-8-12/h1,3-4,7-8,11,16H,2,5-6,9-10H2. The van der Waals surface area contributed by atoms with Crippen LogP contribution >= 0.6 is 0 Å². The first-order chi connectivity index (χ1) is 10.2. The van der Waals surface area contributed by atoms with Gasteiger partial charge in [0.25, 0.3) is 0 Å². The summed E-state index contributed by atoms with van der Waals surface area (Å²) in [7, 11) is -3.55. The molecule has 2 heterocycles. The van der Waals surface area contributed by atoms with Gasteiger partial charge in [0.15, 0.2) is 5.76 Å². The van der Waals surface area contributed by atoms with Crippen LogP contribution in [0.3, 0.4) is 0 Å². The molecule has 0 bridgehead atoms. The number of hydrogen-bond acceptors (Lipinski definition) is 4. The number of benzene rings is 1. The van der Waals surface area contributed by atoms with Crippen LogP contribution in [-0.4, -0.2) is 31.0 Å². The van der Waals surface area contributed by atoms with Crippen molar-refractivity contribution in [2.45, 2.75) is 19.3 Å². The SMILES string of the molecule is O=S(=O)(Nc1cnoc1-c1ccccc1)N1CCCCC1. The van der Waals surface area contributed by atoms with Gasteiger partial charge in [0.05, 0.1) is 6.20 Å². The van der Waals surface area contributed by atoms with E-state index in [1.165, 1.54) is 10.5 Å². The van der Waals surface area contributed by atoms with Crippen LogP contribution in [0.15, 0.2) is 41.1 Å². The molecule has 0 saturated carbocycles. The predicted octanol–water partition coefficient (Wildman–Crippen LogP) is 2.48. The molecule has 0 radical (unpaired) electrons. The minimum Gasteiger partial charge on any atom is -0.354 e. The van der Waals surface area contributed by atoms with Crippen molar-refractivity contribution >= 4 is 15.9 Å². The molecule has 1 aliphatic rings.